The maximum atomic E-state index is 13.8. The zero-order chi connectivity index (χ0) is 31.1. The molecule has 1 fully saturated rings. The Morgan fingerprint density at radius 1 is 0.864 bits per heavy atom. The van der Waals surface area contributed by atoms with E-state index in [0.717, 1.165) is 47.3 Å². The minimum Gasteiger partial charge on any atom is -0.508 e. The van der Waals surface area contributed by atoms with Gasteiger partial charge in [-0.1, -0.05) is 111 Å². The van der Waals surface area contributed by atoms with Gasteiger partial charge in [0.2, 0.25) is 5.91 Å². The number of carbonyl (C=O) groups excluding carboxylic acids is 1. The van der Waals surface area contributed by atoms with Gasteiger partial charge in [-0.25, -0.2) is 4.79 Å². The molecular weight excluding hydrogens is 548 g/mol. The number of phenols is 1. The summed E-state index contributed by atoms with van der Waals surface area (Å²) in [5.74, 6) is -1.12. The molecule has 0 spiro atoms. The van der Waals surface area contributed by atoms with Crippen LogP contribution in [0.2, 0.25) is 0 Å². The zero-order valence-electron chi connectivity index (χ0n) is 25.5. The third-order valence-corrected chi connectivity index (χ3v) is 9.36. The molecule has 5 rings (SSSR count). The number of carboxylic acids is 1. The first-order valence-electron chi connectivity index (χ1n) is 15.4. The van der Waals surface area contributed by atoms with Crippen LogP contribution in [0.4, 0.5) is 0 Å². The number of carboxylic acid groups (broad SMARTS) is 1. The van der Waals surface area contributed by atoms with Gasteiger partial charge < -0.3 is 20.4 Å². The summed E-state index contributed by atoms with van der Waals surface area (Å²) in [5.41, 5.74) is 5.10. The molecule has 0 aliphatic carbocycles. The number of nitrogens with one attached hydrogen (secondary N) is 1. The molecule has 228 valence electrons. The average Bonchev–Trinajstić information content (AvgIpc) is 3.03. The standard InChI is InChI=1S/C38H42N2O4/c1-27-25-40(21-20-38(27,2)33-14-9-15-34(41)24-33)26-32(22-28-10-5-3-6-11-28)36(42)39-35(37(43)44)23-29-16-18-31(19-17-29)30-12-7-4-8-13-30/h3-19,24,27,32,35,41H,20-23,25-26H2,1-2H3,(H,39,42)(H,43,44)/t27-,32-,35-,38+/m0/s1. The largest absolute Gasteiger partial charge is 0.508 e. The van der Waals surface area contributed by atoms with Gasteiger partial charge in [-0.05, 0) is 70.7 Å². The second-order valence-corrected chi connectivity index (χ2v) is 12.4. The van der Waals surface area contributed by atoms with Gasteiger partial charge in [-0.3, -0.25) is 4.79 Å². The summed E-state index contributed by atoms with van der Waals surface area (Å²) in [6, 6.07) is 34.3. The molecule has 4 aromatic carbocycles. The van der Waals surface area contributed by atoms with Crippen LogP contribution >= 0.6 is 0 Å². The van der Waals surface area contributed by atoms with Crippen LogP contribution in [0.5, 0.6) is 5.75 Å². The molecule has 3 N–H and O–H groups in total. The lowest BCUT2D eigenvalue weighted by atomic mass is 9.68. The van der Waals surface area contributed by atoms with Gasteiger partial charge in [-0.15, -0.1) is 0 Å². The Hall–Kier alpha value is -4.42. The molecule has 0 aromatic heterocycles. The Morgan fingerprint density at radius 3 is 2.14 bits per heavy atom. The Morgan fingerprint density at radius 2 is 1.50 bits per heavy atom. The van der Waals surface area contributed by atoms with Crippen molar-refractivity contribution in [3.63, 3.8) is 0 Å². The van der Waals surface area contributed by atoms with E-state index in [9.17, 15) is 19.8 Å². The molecule has 0 unspecified atom stereocenters. The van der Waals surface area contributed by atoms with Gasteiger partial charge in [0.05, 0.1) is 5.92 Å². The number of likely N-dealkylation sites (tertiary alicyclic amines) is 1. The van der Waals surface area contributed by atoms with Gasteiger partial charge in [0.15, 0.2) is 0 Å². The van der Waals surface area contributed by atoms with Gasteiger partial charge in [0.1, 0.15) is 11.8 Å². The number of aliphatic carboxylic acids is 1. The van der Waals surface area contributed by atoms with Crippen LogP contribution in [-0.4, -0.2) is 52.7 Å². The number of benzene rings is 4. The average molecular weight is 591 g/mol. The van der Waals surface area contributed by atoms with Crippen LogP contribution in [0.1, 0.15) is 37.0 Å². The van der Waals surface area contributed by atoms with Crippen LogP contribution in [0, 0.1) is 11.8 Å². The summed E-state index contributed by atoms with van der Waals surface area (Å²) in [7, 11) is 0. The van der Waals surface area contributed by atoms with Crippen molar-refractivity contribution < 1.29 is 19.8 Å². The molecule has 4 atom stereocenters. The van der Waals surface area contributed by atoms with Crippen molar-refractivity contribution in [3.8, 4) is 16.9 Å². The molecule has 6 heteroatoms. The molecule has 0 saturated carbocycles. The topological polar surface area (TPSA) is 89.9 Å². The first kappa shape index (κ1) is 31.0. The molecule has 44 heavy (non-hydrogen) atoms. The molecule has 1 aliphatic heterocycles. The van der Waals surface area contributed by atoms with E-state index < -0.39 is 17.9 Å². The van der Waals surface area contributed by atoms with Crippen LogP contribution in [-0.2, 0) is 27.8 Å². The second kappa shape index (κ2) is 13.9. The highest BCUT2D eigenvalue weighted by molar-refractivity contribution is 5.85. The maximum absolute atomic E-state index is 13.8. The maximum Gasteiger partial charge on any atom is 0.326 e. The zero-order valence-corrected chi connectivity index (χ0v) is 25.5. The number of piperidine rings is 1. The summed E-state index contributed by atoms with van der Waals surface area (Å²) in [6.07, 6.45) is 1.63. The molecule has 1 amide bonds. The Labute approximate surface area is 260 Å². The third-order valence-electron chi connectivity index (χ3n) is 9.36. The monoisotopic (exact) mass is 590 g/mol. The van der Waals surface area contributed by atoms with Crippen LogP contribution in [0.15, 0.2) is 109 Å². The normalized spacial score (nSPS) is 20.0. The SMILES string of the molecule is C[C@H]1CN(C[C@H](Cc2ccccc2)C(=O)N[C@@H](Cc2ccc(-c3ccccc3)cc2)C(=O)O)CC[C@@]1(C)c1cccc(O)c1. The summed E-state index contributed by atoms with van der Waals surface area (Å²) in [6.45, 7) is 6.64. The van der Waals surface area contributed by atoms with Gasteiger partial charge >= 0.3 is 5.97 Å². The lowest BCUT2D eigenvalue weighted by Crippen LogP contribution is -2.52. The first-order valence-corrected chi connectivity index (χ1v) is 15.4. The van der Waals surface area contributed by atoms with Crippen molar-refractivity contribution in [1.82, 2.24) is 10.2 Å². The molecular formula is C38H42N2O4. The predicted molar refractivity (Wildman–Crippen MR) is 174 cm³/mol. The summed E-state index contributed by atoms with van der Waals surface area (Å²) in [4.78, 5) is 28.5. The molecule has 1 aliphatic rings. The van der Waals surface area contributed by atoms with Crippen LogP contribution in [0.25, 0.3) is 11.1 Å². The van der Waals surface area contributed by atoms with E-state index in [2.05, 4.69) is 30.1 Å². The molecule has 0 radical (unpaired) electrons. The fourth-order valence-electron chi connectivity index (χ4n) is 6.41. The number of carbonyl (C=O) groups is 2. The minimum absolute atomic E-state index is 0.0864. The predicted octanol–water partition coefficient (Wildman–Crippen LogP) is 6.33. The van der Waals surface area contributed by atoms with E-state index in [-0.39, 0.29) is 23.5 Å². The number of amides is 1. The molecule has 1 saturated heterocycles. The van der Waals surface area contributed by atoms with Crippen molar-refractivity contribution >= 4 is 11.9 Å². The fourth-order valence-corrected chi connectivity index (χ4v) is 6.41. The molecule has 1 heterocycles. The smallest absolute Gasteiger partial charge is 0.326 e. The highest BCUT2D eigenvalue weighted by Gasteiger charge is 2.39. The number of nitrogens with zero attached hydrogens (tertiary/aromatic N) is 1. The number of rotatable bonds is 11. The number of hydrogen-bond acceptors (Lipinski definition) is 4. The minimum atomic E-state index is -1.04. The number of aromatic hydroxyl groups is 1. The quantitative estimate of drug-likeness (QED) is 0.190. The van der Waals surface area contributed by atoms with Gasteiger partial charge in [-0.2, -0.15) is 0 Å². The van der Waals surface area contributed by atoms with Crippen LogP contribution in [0.3, 0.4) is 0 Å². The Balaban J connectivity index is 1.28. The van der Waals surface area contributed by atoms with Crippen molar-refractivity contribution in [2.45, 2.75) is 44.6 Å². The van der Waals surface area contributed by atoms with Crippen molar-refractivity contribution in [3.05, 3.63) is 126 Å². The molecule has 4 aromatic rings. The Bertz CT molecular complexity index is 1540. The second-order valence-electron chi connectivity index (χ2n) is 12.4. The van der Waals surface area contributed by atoms with Crippen LogP contribution < -0.4 is 5.32 Å². The highest BCUT2D eigenvalue weighted by Crippen LogP contribution is 2.40. The van der Waals surface area contributed by atoms with E-state index in [1.807, 2.05) is 97.1 Å². The number of phenolic OH excluding ortho intramolecular Hbond substituents is 1. The summed E-state index contributed by atoms with van der Waals surface area (Å²) < 4.78 is 0. The highest BCUT2D eigenvalue weighted by atomic mass is 16.4. The van der Waals surface area contributed by atoms with E-state index in [1.165, 1.54) is 0 Å². The summed E-state index contributed by atoms with van der Waals surface area (Å²) in [5, 5.41) is 23.1. The summed E-state index contributed by atoms with van der Waals surface area (Å²) >= 11 is 0. The van der Waals surface area contributed by atoms with Gasteiger partial charge in [0.25, 0.3) is 0 Å². The van der Waals surface area contributed by atoms with Crippen molar-refractivity contribution in [2.75, 3.05) is 19.6 Å². The van der Waals surface area contributed by atoms with Gasteiger partial charge in [0, 0.05) is 19.5 Å². The molecule has 0 bridgehead atoms. The van der Waals surface area contributed by atoms with Crippen molar-refractivity contribution in [2.24, 2.45) is 11.8 Å². The first-order chi connectivity index (χ1) is 21.2. The molecule has 6 nitrogen and oxygen atoms in total. The lowest BCUT2D eigenvalue weighted by molar-refractivity contribution is -0.142. The lowest BCUT2D eigenvalue weighted by Gasteiger charge is -2.45. The fraction of sp³-hybridized carbons (Fsp3) is 0.316. The van der Waals surface area contributed by atoms with E-state index in [0.29, 0.717) is 18.9 Å². The Kier molecular flexibility index (Phi) is 9.81. The number of hydrogen-bond donors (Lipinski definition) is 3. The van der Waals surface area contributed by atoms with E-state index in [1.54, 1.807) is 6.07 Å². The van der Waals surface area contributed by atoms with E-state index in [4.69, 9.17) is 0 Å². The van der Waals surface area contributed by atoms with Crippen molar-refractivity contribution in [1.29, 1.82) is 0 Å². The van der Waals surface area contributed by atoms with E-state index >= 15 is 0 Å². The third kappa shape index (κ3) is 7.56.